The first kappa shape index (κ1) is 12.4. The van der Waals surface area contributed by atoms with E-state index < -0.39 is 0 Å². The van der Waals surface area contributed by atoms with E-state index >= 15 is 0 Å². The number of rotatable bonds is 2. The van der Waals surface area contributed by atoms with E-state index in [4.69, 9.17) is 5.26 Å². The van der Waals surface area contributed by atoms with Gasteiger partial charge in [-0.2, -0.15) is 5.26 Å². The van der Waals surface area contributed by atoms with Gasteiger partial charge in [0.2, 0.25) is 5.91 Å². The van der Waals surface area contributed by atoms with Gasteiger partial charge >= 0.3 is 0 Å². The van der Waals surface area contributed by atoms with Gasteiger partial charge in [0.15, 0.2) is 0 Å². The number of amides is 1. The summed E-state index contributed by atoms with van der Waals surface area (Å²) in [6, 6.07) is 2.38. The first-order chi connectivity index (χ1) is 8.06. The Bertz CT molecular complexity index is 339. The van der Waals surface area contributed by atoms with Gasteiger partial charge in [-0.3, -0.25) is 9.69 Å². The van der Waals surface area contributed by atoms with Crippen LogP contribution >= 0.6 is 0 Å². The van der Waals surface area contributed by atoms with Crippen LogP contribution in [0.1, 0.15) is 46.0 Å². The molecule has 4 nitrogen and oxygen atoms in total. The van der Waals surface area contributed by atoms with E-state index in [0.717, 1.165) is 0 Å². The lowest BCUT2D eigenvalue weighted by Gasteiger charge is -2.49. The average Bonchev–Trinajstić information content (AvgIpc) is 2.77. The molecule has 1 aliphatic carbocycles. The van der Waals surface area contributed by atoms with Crippen molar-refractivity contribution in [3.63, 3.8) is 0 Å². The van der Waals surface area contributed by atoms with Crippen molar-refractivity contribution in [1.82, 2.24) is 10.2 Å². The maximum atomic E-state index is 11.9. The lowest BCUT2D eigenvalue weighted by molar-refractivity contribution is -0.136. The number of piperazine rings is 1. The third-order valence-electron chi connectivity index (χ3n) is 4.04. The minimum absolute atomic E-state index is 0.0257. The van der Waals surface area contributed by atoms with Crippen molar-refractivity contribution in [2.75, 3.05) is 6.54 Å². The second-order valence-corrected chi connectivity index (χ2v) is 5.75. The minimum atomic E-state index is -0.258. The standard InChI is InChI=1S/C13H21N3O/c1-13(2)9-15-12(17)11(7-8-14)16(13)10-5-3-4-6-10/h10-11H,3-7,9H2,1-2H3,(H,15,17). The van der Waals surface area contributed by atoms with Gasteiger partial charge in [-0.25, -0.2) is 0 Å². The Kier molecular flexibility index (Phi) is 3.39. The third kappa shape index (κ3) is 2.30. The lowest BCUT2D eigenvalue weighted by atomic mass is 9.91. The normalized spacial score (nSPS) is 29.9. The van der Waals surface area contributed by atoms with E-state index in [0.29, 0.717) is 19.0 Å². The lowest BCUT2D eigenvalue weighted by Crippen LogP contribution is -2.67. The Labute approximate surface area is 103 Å². The van der Waals surface area contributed by atoms with Crippen molar-refractivity contribution in [2.24, 2.45) is 0 Å². The van der Waals surface area contributed by atoms with Crippen LogP contribution < -0.4 is 5.32 Å². The predicted molar refractivity (Wildman–Crippen MR) is 65.2 cm³/mol. The average molecular weight is 235 g/mol. The van der Waals surface area contributed by atoms with Crippen LogP contribution in [0, 0.1) is 11.3 Å². The Morgan fingerprint density at radius 2 is 2.12 bits per heavy atom. The summed E-state index contributed by atoms with van der Waals surface area (Å²) in [5.74, 6) is 0.0257. The molecule has 1 saturated heterocycles. The molecule has 1 saturated carbocycles. The third-order valence-corrected chi connectivity index (χ3v) is 4.04. The number of hydrogen-bond acceptors (Lipinski definition) is 3. The Balaban J connectivity index is 2.24. The summed E-state index contributed by atoms with van der Waals surface area (Å²) in [6.07, 6.45) is 5.12. The van der Waals surface area contributed by atoms with Gasteiger partial charge < -0.3 is 5.32 Å². The fraction of sp³-hybridized carbons (Fsp3) is 0.846. The zero-order valence-electron chi connectivity index (χ0n) is 10.7. The molecule has 2 rings (SSSR count). The zero-order chi connectivity index (χ0) is 12.5. The topological polar surface area (TPSA) is 56.1 Å². The molecule has 1 unspecified atom stereocenters. The van der Waals surface area contributed by atoms with Crippen LogP contribution in [0.3, 0.4) is 0 Å². The van der Waals surface area contributed by atoms with Gasteiger partial charge in [0.25, 0.3) is 0 Å². The second kappa shape index (κ2) is 4.66. The molecule has 4 heteroatoms. The molecule has 0 spiro atoms. The Hall–Kier alpha value is -1.08. The van der Waals surface area contributed by atoms with Crippen LogP contribution in [-0.4, -0.2) is 35.0 Å². The molecule has 94 valence electrons. The maximum absolute atomic E-state index is 11.9. The van der Waals surface area contributed by atoms with Gasteiger partial charge in [-0.05, 0) is 26.7 Å². The molecule has 0 radical (unpaired) electrons. The SMILES string of the molecule is CC1(C)CNC(=O)C(CC#N)N1C1CCCC1. The summed E-state index contributed by atoms with van der Waals surface area (Å²) in [4.78, 5) is 14.2. The monoisotopic (exact) mass is 235 g/mol. The van der Waals surface area contributed by atoms with Crippen LogP contribution in [0.4, 0.5) is 0 Å². The zero-order valence-corrected chi connectivity index (χ0v) is 10.7. The van der Waals surface area contributed by atoms with Crippen molar-refractivity contribution >= 4 is 5.91 Å². The van der Waals surface area contributed by atoms with Gasteiger partial charge in [-0.15, -0.1) is 0 Å². The molecule has 1 amide bonds. The number of hydrogen-bond donors (Lipinski definition) is 1. The summed E-state index contributed by atoms with van der Waals surface area (Å²) in [6.45, 7) is 5.01. The van der Waals surface area contributed by atoms with E-state index in [9.17, 15) is 4.79 Å². The van der Waals surface area contributed by atoms with Gasteiger partial charge in [0, 0.05) is 18.1 Å². The molecule has 0 aromatic carbocycles. The van der Waals surface area contributed by atoms with Crippen molar-refractivity contribution in [3.05, 3.63) is 0 Å². The number of nitriles is 1. The van der Waals surface area contributed by atoms with Gasteiger partial charge in [-0.1, -0.05) is 12.8 Å². The molecule has 2 fully saturated rings. The van der Waals surface area contributed by atoms with Gasteiger partial charge in [0.05, 0.1) is 12.5 Å². The smallest absolute Gasteiger partial charge is 0.238 e. The highest BCUT2D eigenvalue weighted by Gasteiger charge is 2.44. The molecule has 17 heavy (non-hydrogen) atoms. The van der Waals surface area contributed by atoms with Crippen molar-refractivity contribution in [2.45, 2.75) is 63.6 Å². The molecule has 2 aliphatic rings. The van der Waals surface area contributed by atoms with Crippen LogP contribution in [-0.2, 0) is 4.79 Å². The van der Waals surface area contributed by atoms with Crippen molar-refractivity contribution in [1.29, 1.82) is 5.26 Å². The van der Waals surface area contributed by atoms with Gasteiger partial charge in [0.1, 0.15) is 6.04 Å². The summed E-state index contributed by atoms with van der Waals surface area (Å²) in [5, 5.41) is 11.8. The van der Waals surface area contributed by atoms with E-state index in [1.807, 2.05) is 0 Å². The fourth-order valence-corrected chi connectivity index (χ4v) is 3.27. The maximum Gasteiger partial charge on any atom is 0.238 e. The number of carbonyl (C=O) groups excluding carboxylic acids is 1. The quantitative estimate of drug-likeness (QED) is 0.787. The Morgan fingerprint density at radius 1 is 1.47 bits per heavy atom. The van der Waals surface area contributed by atoms with E-state index in [2.05, 4.69) is 30.1 Å². The van der Waals surface area contributed by atoms with E-state index in [1.165, 1.54) is 25.7 Å². The molecule has 0 aromatic rings. The van der Waals surface area contributed by atoms with Crippen molar-refractivity contribution in [3.8, 4) is 6.07 Å². The molecule has 1 heterocycles. The minimum Gasteiger partial charge on any atom is -0.353 e. The molecular weight excluding hydrogens is 214 g/mol. The van der Waals surface area contributed by atoms with Crippen LogP contribution in [0.2, 0.25) is 0 Å². The van der Waals surface area contributed by atoms with Crippen LogP contribution in [0.25, 0.3) is 0 Å². The molecular formula is C13H21N3O. The van der Waals surface area contributed by atoms with Crippen molar-refractivity contribution < 1.29 is 4.79 Å². The Morgan fingerprint density at radius 3 is 2.71 bits per heavy atom. The molecule has 1 N–H and O–H groups in total. The number of nitrogens with zero attached hydrogens (tertiary/aromatic N) is 2. The first-order valence-corrected chi connectivity index (χ1v) is 6.49. The summed E-state index contributed by atoms with van der Waals surface area (Å²) >= 11 is 0. The fourth-order valence-electron chi connectivity index (χ4n) is 3.27. The van der Waals surface area contributed by atoms with E-state index in [-0.39, 0.29) is 17.5 Å². The summed E-state index contributed by atoms with van der Waals surface area (Å²) < 4.78 is 0. The highest BCUT2D eigenvalue weighted by Crippen LogP contribution is 2.33. The molecule has 0 aromatic heterocycles. The highest BCUT2D eigenvalue weighted by molar-refractivity contribution is 5.83. The molecule has 1 aliphatic heterocycles. The van der Waals surface area contributed by atoms with E-state index in [1.54, 1.807) is 0 Å². The number of nitrogens with one attached hydrogen (secondary N) is 1. The van der Waals surface area contributed by atoms with Crippen LogP contribution in [0.5, 0.6) is 0 Å². The van der Waals surface area contributed by atoms with Crippen LogP contribution in [0.15, 0.2) is 0 Å². The second-order valence-electron chi connectivity index (χ2n) is 5.75. The summed E-state index contributed by atoms with van der Waals surface area (Å²) in [7, 11) is 0. The predicted octanol–water partition coefficient (Wildman–Crippen LogP) is 1.42. The largest absolute Gasteiger partial charge is 0.353 e. The first-order valence-electron chi connectivity index (χ1n) is 6.49. The number of carbonyl (C=O) groups is 1. The summed E-state index contributed by atoms with van der Waals surface area (Å²) in [5.41, 5.74) is -0.0373. The molecule has 0 bridgehead atoms. The highest BCUT2D eigenvalue weighted by atomic mass is 16.2. The molecule has 1 atom stereocenters.